The van der Waals surface area contributed by atoms with Crippen molar-refractivity contribution in [2.24, 2.45) is 11.8 Å². The zero-order valence-electron chi connectivity index (χ0n) is 27.7. The molecule has 7 atom stereocenters. The number of aliphatic hydroxyl groups is 1. The fourth-order valence-electron chi connectivity index (χ4n) is 8.41. The van der Waals surface area contributed by atoms with Gasteiger partial charge in [-0.1, -0.05) is 73.9 Å². The highest BCUT2D eigenvalue weighted by atomic mass is 16.6. The minimum Gasteiger partial charge on any atom is -0.455 e. The quantitative estimate of drug-likeness (QED) is 0.271. The topological polar surface area (TPSA) is 117 Å². The summed E-state index contributed by atoms with van der Waals surface area (Å²) in [5, 5.41) is 9.38. The van der Waals surface area contributed by atoms with E-state index in [0.29, 0.717) is 38.8 Å². The average Bonchev–Trinajstić information content (AvgIpc) is 3.73. The fourth-order valence-corrected chi connectivity index (χ4v) is 8.41. The summed E-state index contributed by atoms with van der Waals surface area (Å²) < 4.78 is 12.9. The van der Waals surface area contributed by atoms with Gasteiger partial charge in [0, 0.05) is 39.2 Å². The van der Waals surface area contributed by atoms with Crippen LogP contribution in [-0.4, -0.2) is 100 Å². The van der Waals surface area contributed by atoms with Crippen molar-refractivity contribution < 1.29 is 33.8 Å². The molecule has 0 radical (unpaired) electrons. The van der Waals surface area contributed by atoms with Crippen LogP contribution in [0.2, 0.25) is 0 Å². The number of likely N-dealkylation sites (tertiary alicyclic amines) is 1. The van der Waals surface area contributed by atoms with Crippen LogP contribution in [-0.2, 0) is 28.7 Å². The first-order chi connectivity index (χ1) is 22.8. The summed E-state index contributed by atoms with van der Waals surface area (Å²) >= 11 is 0. The molecule has 1 N–H and O–H groups in total. The van der Waals surface area contributed by atoms with Gasteiger partial charge < -0.3 is 29.3 Å². The van der Waals surface area contributed by atoms with Gasteiger partial charge >= 0.3 is 5.97 Å². The highest BCUT2D eigenvalue weighted by Crippen LogP contribution is 2.56. The maximum Gasteiger partial charge on any atom is 0.313 e. The van der Waals surface area contributed by atoms with Crippen LogP contribution in [0.15, 0.2) is 54.6 Å². The Balaban J connectivity index is 1.41. The Kier molecular flexibility index (Phi) is 10.2. The van der Waals surface area contributed by atoms with Gasteiger partial charge in [-0.2, -0.15) is 0 Å². The normalized spacial score (nSPS) is 34.2. The first-order valence-electron chi connectivity index (χ1n) is 17.5. The number of amides is 3. The van der Waals surface area contributed by atoms with Gasteiger partial charge in [0.15, 0.2) is 0 Å². The van der Waals surface area contributed by atoms with Gasteiger partial charge in [-0.25, -0.2) is 0 Å². The Hall–Kier alpha value is -3.50. The van der Waals surface area contributed by atoms with Gasteiger partial charge in [0.2, 0.25) is 17.7 Å². The van der Waals surface area contributed by atoms with Crippen LogP contribution in [0.5, 0.6) is 0 Å². The van der Waals surface area contributed by atoms with E-state index in [4.69, 9.17) is 9.47 Å². The molecule has 1 aromatic rings. The number of unbranched alkanes of at least 4 members (excludes halogenated alkanes) is 2. The van der Waals surface area contributed by atoms with Crippen LogP contribution < -0.4 is 0 Å². The molecule has 6 rings (SSSR count). The molecule has 1 aliphatic carbocycles. The summed E-state index contributed by atoms with van der Waals surface area (Å²) in [7, 11) is 1.73. The summed E-state index contributed by atoms with van der Waals surface area (Å²) in [5.74, 6) is -2.89. The molecule has 10 heteroatoms. The number of cyclic esters (lactones) is 1. The first kappa shape index (κ1) is 33.4. The van der Waals surface area contributed by atoms with E-state index in [1.165, 1.54) is 0 Å². The van der Waals surface area contributed by atoms with Crippen LogP contribution in [0.3, 0.4) is 0 Å². The zero-order chi connectivity index (χ0) is 33.1. The molecule has 4 heterocycles. The van der Waals surface area contributed by atoms with Crippen LogP contribution >= 0.6 is 0 Å². The van der Waals surface area contributed by atoms with E-state index in [0.717, 1.165) is 37.7 Å². The van der Waals surface area contributed by atoms with Crippen LogP contribution in [0.1, 0.15) is 82.8 Å². The van der Waals surface area contributed by atoms with Crippen LogP contribution in [0, 0.1) is 11.8 Å². The molecule has 1 spiro atoms. The summed E-state index contributed by atoms with van der Waals surface area (Å²) in [6.07, 6.45) is 13.9. The molecular formula is C37H49N3O7. The molecule has 3 amide bonds. The number of allylic oxidation sites excluding steroid dienone is 1. The number of hydrogen-bond acceptors (Lipinski definition) is 7. The number of benzene rings is 1. The number of carbonyl (C=O) groups is 4. The van der Waals surface area contributed by atoms with Crippen molar-refractivity contribution in [2.75, 3.05) is 26.7 Å². The first-order valence-corrected chi connectivity index (χ1v) is 17.5. The predicted octanol–water partition coefficient (Wildman–Crippen LogP) is 3.94. The van der Waals surface area contributed by atoms with Crippen molar-refractivity contribution in [1.82, 2.24) is 14.7 Å². The third kappa shape index (κ3) is 6.26. The molecule has 254 valence electrons. The lowest BCUT2D eigenvalue weighted by atomic mass is 9.74. The number of carbonyl (C=O) groups excluding carboxylic acids is 4. The lowest BCUT2D eigenvalue weighted by Gasteiger charge is -2.40. The number of likely N-dealkylation sites (N-methyl/N-ethyl adjacent to an activating group) is 1. The molecule has 2 saturated heterocycles. The SMILES string of the molecule is C[C@@H]1[C@@H](c2ccccc2)OC(=O)[C@@H]2[C@@H]3C=C[C@]4(O3)[C@H](C(=O)N(C3CCCCC3)C/C=C\CCC(=O)N1C)N(CCCCCO)C(=O)[C@@H]24. The Morgan fingerprint density at radius 2 is 1.72 bits per heavy atom. The van der Waals surface area contributed by atoms with Gasteiger partial charge in [-0.05, 0) is 51.0 Å². The zero-order valence-corrected chi connectivity index (χ0v) is 27.7. The number of fused-ring (bicyclic) bond motifs is 2. The molecule has 1 saturated carbocycles. The Morgan fingerprint density at radius 1 is 0.957 bits per heavy atom. The van der Waals surface area contributed by atoms with E-state index in [-0.39, 0.29) is 36.8 Å². The fraction of sp³-hybridized carbons (Fsp3) is 0.622. The third-order valence-corrected chi connectivity index (χ3v) is 11.0. The smallest absolute Gasteiger partial charge is 0.313 e. The van der Waals surface area contributed by atoms with Crippen molar-refractivity contribution in [3.8, 4) is 0 Å². The largest absolute Gasteiger partial charge is 0.455 e. The van der Waals surface area contributed by atoms with E-state index in [2.05, 4.69) is 0 Å². The van der Waals surface area contributed by atoms with Gasteiger partial charge in [0.05, 0.1) is 18.1 Å². The van der Waals surface area contributed by atoms with E-state index in [9.17, 15) is 24.3 Å². The average molecular weight is 648 g/mol. The monoisotopic (exact) mass is 647 g/mol. The highest BCUT2D eigenvalue weighted by Gasteiger charge is 2.73. The van der Waals surface area contributed by atoms with E-state index < -0.39 is 47.7 Å². The highest BCUT2D eigenvalue weighted by molar-refractivity contribution is 5.99. The molecule has 4 aliphatic heterocycles. The number of ether oxygens (including phenoxy) is 2. The van der Waals surface area contributed by atoms with Crippen molar-refractivity contribution in [2.45, 2.75) is 107 Å². The van der Waals surface area contributed by atoms with Crippen molar-refractivity contribution in [3.63, 3.8) is 0 Å². The number of hydrogen-bond donors (Lipinski definition) is 1. The van der Waals surface area contributed by atoms with Gasteiger partial charge in [-0.3, -0.25) is 19.2 Å². The van der Waals surface area contributed by atoms with E-state index >= 15 is 0 Å². The van der Waals surface area contributed by atoms with Gasteiger partial charge in [0.25, 0.3) is 0 Å². The van der Waals surface area contributed by atoms with Crippen molar-refractivity contribution in [1.29, 1.82) is 0 Å². The van der Waals surface area contributed by atoms with E-state index in [1.54, 1.807) is 16.8 Å². The molecule has 47 heavy (non-hydrogen) atoms. The Morgan fingerprint density at radius 3 is 2.47 bits per heavy atom. The summed E-state index contributed by atoms with van der Waals surface area (Å²) in [5.41, 5.74) is -0.524. The minimum absolute atomic E-state index is 0.0355. The van der Waals surface area contributed by atoms with Crippen LogP contribution in [0.25, 0.3) is 0 Å². The second-order valence-corrected chi connectivity index (χ2v) is 13.8. The number of aliphatic hydroxyl groups excluding tert-OH is 1. The number of esters is 1. The lowest BCUT2D eigenvalue weighted by molar-refractivity contribution is -0.164. The lowest BCUT2D eigenvalue weighted by Crippen LogP contribution is -2.58. The molecule has 3 fully saturated rings. The Bertz CT molecular complexity index is 1370. The summed E-state index contributed by atoms with van der Waals surface area (Å²) in [6, 6.07) is 8.02. The maximum atomic E-state index is 14.9. The summed E-state index contributed by atoms with van der Waals surface area (Å²) in [4.78, 5) is 62.2. The van der Waals surface area contributed by atoms with Crippen molar-refractivity contribution in [3.05, 3.63) is 60.2 Å². The second-order valence-electron chi connectivity index (χ2n) is 13.8. The maximum absolute atomic E-state index is 14.9. The third-order valence-electron chi connectivity index (χ3n) is 11.0. The molecule has 0 aromatic heterocycles. The number of rotatable bonds is 7. The summed E-state index contributed by atoms with van der Waals surface area (Å²) in [6.45, 7) is 2.65. The minimum atomic E-state index is -1.27. The molecule has 10 nitrogen and oxygen atoms in total. The molecule has 5 bridgehead atoms. The molecule has 1 aromatic carbocycles. The van der Waals surface area contributed by atoms with Gasteiger partial charge in [0.1, 0.15) is 23.7 Å². The van der Waals surface area contributed by atoms with E-state index in [1.807, 2.05) is 66.5 Å². The molecular weight excluding hydrogens is 598 g/mol. The van der Waals surface area contributed by atoms with Gasteiger partial charge in [-0.15, -0.1) is 0 Å². The Labute approximate surface area is 277 Å². The second kappa shape index (κ2) is 14.3. The van der Waals surface area contributed by atoms with Crippen molar-refractivity contribution >= 4 is 23.7 Å². The standard InChI is InChI=1S/C37H49N3O7/c1-25-32(26-15-7-3-8-16-26)46-36(45)30-28-20-21-37(47-28)31(30)34(43)40(23-13-6-14-24-41)33(37)35(44)39(27-17-9-4-10-18-27)22-12-5-11-19-29(42)38(25)2/h3,5,7-8,12,15-16,20-21,25,27-28,30-33,41H,4,6,9-11,13-14,17-19,22-24H2,1-2H3/b12-5-/t25-,28+,30-,31-,32+,33+,37-/m1/s1. The molecule has 0 unspecified atom stereocenters. The predicted molar refractivity (Wildman–Crippen MR) is 175 cm³/mol. The number of nitrogens with zero attached hydrogens (tertiary/aromatic N) is 3. The molecule has 5 aliphatic rings. The van der Waals surface area contributed by atoms with Crippen LogP contribution in [0.4, 0.5) is 0 Å².